The van der Waals surface area contributed by atoms with Crippen molar-refractivity contribution < 1.29 is 0 Å². The number of para-hydroxylation sites is 2. The van der Waals surface area contributed by atoms with Crippen LogP contribution in [0.2, 0.25) is 0 Å². The Balaban J connectivity index is 1.10. The summed E-state index contributed by atoms with van der Waals surface area (Å²) in [6.07, 6.45) is 16.9. The van der Waals surface area contributed by atoms with Gasteiger partial charge in [-0.2, -0.15) is 0 Å². The van der Waals surface area contributed by atoms with E-state index < -0.39 is 0 Å². The molecule has 222 valence electrons. The summed E-state index contributed by atoms with van der Waals surface area (Å²) >= 11 is 0. The SMILES string of the molecule is CC1C=c2c(c3ccccc3n2C2(C)C=CC(C3Cc4c(n(-c5ccc6ccccc6c5)c5ccccc45)C(C)C3)=CC2)=CC1. The lowest BCUT2D eigenvalue weighted by Crippen LogP contribution is -2.42. The fraction of sp³-hybridized carbons (Fsp3) is 0.256. The van der Waals surface area contributed by atoms with Crippen molar-refractivity contribution >= 4 is 44.7 Å². The standard InChI is InChI=1S/C43H40N2/c1-28-16-19-37-35-12-7-9-15-40(35)45(41(37)24-28)43(3)22-20-31(21-23-43)33-25-29(2)42-38(27-33)36-13-6-8-14-39(36)44(42)34-18-17-30-10-4-5-11-32(30)26-34/h4-15,17-22,24,26,28-29,33H,16,23,25,27H2,1-3H3. The molecule has 0 radical (unpaired) electrons. The summed E-state index contributed by atoms with van der Waals surface area (Å²) < 4.78 is 5.20. The van der Waals surface area contributed by atoms with Crippen molar-refractivity contribution in [2.75, 3.05) is 0 Å². The molecule has 3 aliphatic rings. The molecule has 4 unspecified atom stereocenters. The summed E-state index contributed by atoms with van der Waals surface area (Å²) in [6.45, 7) is 7.22. The van der Waals surface area contributed by atoms with E-state index in [-0.39, 0.29) is 5.54 Å². The van der Waals surface area contributed by atoms with Crippen molar-refractivity contribution in [2.24, 2.45) is 11.8 Å². The molecule has 3 aliphatic carbocycles. The van der Waals surface area contributed by atoms with Crippen LogP contribution in [0.15, 0.2) is 115 Å². The summed E-state index contributed by atoms with van der Waals surface area (Å²) in [7, 11) is 0. The lowest BCUT2D eigenvalue weighted by molar-refractivity contribution is 0.403. The average Bonchev–Trinajstić information content (AvgIpc) is 3.58. The molecule has 0 N–H and O–H groups in total. The molecule has 0 fully saturated rings. The van der Waals surface area contributed by atoms with Gasteiger partial charge in [0.2, 0.25) is 0 Å². The number of rotatable bonds is 3. The lowest BCUT2D eigenvalue weighted by Gasteiger charge is -2.35. The van der Waals surface area contributed by atoms with Crippen LogP contribution in [0, 0.1) is 11.8 Å². The predicted molar refractivity (Wildman–Crippen MR) is 190 cm³/mol. The van der Waals surface area contributed by atoms with Gasteiger partial charge in [-0.25, -0.2) is 0 Å². The highest BCUT2D eigenvalue weighted by Gasteiger charge is 2.34. The van der Waals surface area contributed by atoms with Gasteiger partial charge in [-0.1, -0.05) is 111 Å². The minimum Gasteiger partial charge on any atom is -0.331 e. The van der Waals surface area contributed by atoms with Crippen LogP contribution in [0.25, 0.3) is 50.4 Å². The number of hydrogen-bond donors (Lipinski definition) is 0. The van der Waals surface area contributed by atoms with Crippen LogP contribution in [0.1, 0.15) is 57.2 Å². The molecule has 0 aliphatic heterocycles. The van der Waals surface area contributed by atoms with Gasteiger partial charge in [0.1, 0.15) is 0 Å². The Morgan fingerprint density at radius 1 is 0.778 bits per heavy atom. The van der Waals surface area contributed by atoms with Gasteiger partial charge in [-0.15, -0.1) is 0 Å². The first-order valence-electron chi connectivity index (χ1n) is 16.8. The summed E-state index contributed by atoms with van der Waals surface area (Å²) in [6, 6.07) is 33.7. The molecule has 2 nitrogen and oxygen atoms in total. The Bertz CT molecular complexity index is 2340. The summed E-state index contributed by atoms with van der Waals surface area (Å²) in [4.78, 5) is 0. The molecular weight excluding hydrogens is 544 g/mol. The first-order chi connectivity index (χ1) is 22.0. The predicted octanol–water partition coefficient (Wildman–Crippen LogP) is 9.31. The molecule has 0 saturated carbocycles. The normalized spacial score (nSPS) is 24.2. The van der Waals surface area contributed by atoms with Crippen molar-refractivity contribution in [1.82, 2.24) is 9.13 Å². The Morgan fingerprint density at radius 3 is 2.36 bits per heavy atom. The van der Waals surface area contributed by atoms with E-state index in [0.717, 1.165) is 19.3 Å². The van der Waals surface area contributed by atoms with Crippen LogP contribution >= 0.6 is 0 Å². The highest BCUT2D eigenvalue weighted by molar-refractivity contribution is 5.90. The van der Waals surface area contributed by atoms with Crippen molar-refractivity contribution in [1.29, 1.82) is 0 Å². The molecule has 6 aromatic rings. The Labute approximate surface area is 265 Å². The van der Waals surface area contributed by atoms with Crippen LogP contribution in [0.3, 0.4) is 0 Å². The Hall–Kier alpha value is -4.56. The Morgan fingerprint density at radius 2 is 1.53 bits per heavy atom. The number of fused-ring (bicyclic) bond motifs is 7. The largest absolute Gasteiger partial charge is 0.331 e. The molecule has 4 atom stereocenters. The van der Waals surface area contributed by atoms with E-state index in [0.29, 0.717) is 17.8 Å². The molecule has 9 rings (SSSR count). The third-order valence-electron chi connectivity index (χ3n) is 11.0. The van der Waals surface area contributed by atoms with Crippen LogP contribution in [0.5, 0.6) is 0 Å². The maximum absolute atomic E-state index is 2.63. The number of nitrogens with zero attached hydrogens (tertiary/aromatic N) is 2. The molecule has 2 aromatic heterocycles. The molecule has 0 bridgehead atoms. The maximum atomic E-state index is 2.63. The van der Waals surface area contributed by atoms with Crippen LogP contribution in [-0.4, -0.2) is 9.13 Å². The fourth-order valence-corrected chi connectivity index (χ4v) is 8.83. The second-order valence-electron chi connectivity index (χ2n) is 14.1. The van der Waals surface area contributed by atoms with Gasteiger partial charge >= 0.3 is 0 Å². The number of benzene rings is 4. The molecule has 2 heteroatoms. The van der Waals surface area contributed by atoms with Gasteiger partial charge in [-0.05, 0) is 96.5 Å². The van der Waals surface area contributed by atoms with Crippen molar-refractivity contribution in [2.45, 2.75) is 57.9 Å². The van der Waals surface area contributed by atoms with Gasteiger partial charge in [0.15, 0.2) is 0 Å². The van der Waals surface area contributed by atoms with Crippen LogP contribution in [0.4, 0.5) is 0 Å². The van der Waals surface area contributed by atoms with Gasteiger partial charge in [0.25, 0.3) is 0 Å². The molecule has 0 amide bonds. The summed E-state index contributed by atoms with van der Waals surface area (Å²) in [5.41, 5.74) is 8.42. The van der Waals surface area contributed by atoms with Gasteiger partial charge in [-0.3, -0.25) is 0 Å². The van der Waals surface area contributed by atoms with Crippen LogP contribution in [-0.2, 0) is 12.0 Å². The zero-order valence-electron chi connectivity index (χ0n) is 26.5. The van der Waals surface area contributed by atoms with E-state index in [9.17, 15) is 0 Å². The smallest absolute Gasteiger partial charge is 0.0643 e. The number of hydrogen-bond acceptors (Lipinski definition) is 0. The number of aromatic nitrogens is 2. The second-order valence-corrected chi connectivity index (χ2v) is 14.1. The van der Waals surface area contributed by atoms with E-state index in [2.05, 4.69) is 151 Å². The first-order valence-corrected chi connectivity index (χ1v) is 16.8. The van der Waals surface area contributed by atoms with E-state index in [1.165, 1.54) is 72.1 Å². The zero-order valence-corrected chi connectivity index (χ0v) is 26.5. The van der Waals surface area contributed by atoms with E-state index in [1.807, 2.05) is 0 Å². The summed E-state index contributed by atoms with van der Waals surface area (Å²) in [5, 5.41) is 8.21. The highest BCUT2D eigenvalue weighted by Crippen LogP contribution is 2.45. The summed E-state index contributed by atoms with van der Waals surface area (Å²) in [5.74, 6) is 1.56. The quantitative estimate of drug-likeness (QED) is 0.196. The third kappa shape index (κ3) is 4.08. The molecule has 4 aromatic carbocycles. The van der Waals surface area contributed by atoms with Gasteiger partial charge in [0, 0.05) is 38.2 Å². The van der Waals surface area contributed by atoms with Gasteiger partial charge < -0.3 is 9.13 Å². The van der Waals surface area contributed by atoms with Crippen molar-refractivity contribution in [3.05, 3.63) is 137 Å². The lowest BCUT2D eigenvalue weighted by atomic mass is 9.74. The minimum atomic E-state index is -0.0877. The maximum Gasteiger partial charge on any atom is 0.0643 e. The zero-order chi connectivity index (χ0) is 30.3. The van der Waals surface area contributed by atoms with E-state index in [1.54, 1.807) is 0 Å². The topological polar surface area (TPSA) is 9.86 Å². The minimum absolute atomic E-state index is 0.0877. The molecule has 2 heterocycles. The molecule has 0 spiro atoms. The van der Waals surface area contributed by atoms with E-state index >= 15 is 0 Å². The first kappa shape index (κ1) is 26.8. The monoisotopic (exact) mass is 584 g/mol. The van der Waals surface area contributed by atoms with Crippen LogP contribution < -0.4 is 10.6 Å². The van der Waals surface area contributed by atoms with Crippen molar-refractivity contribution in [3.63, 3.8) is 0 Å². The molecule has 0 saturated heterocycles. The highest BCUT2D eigenvalue weighted by atomic mass is 15.1. The third-order valence-corrected chi connectivity index (χ3v) is 11.0. The molecular formula is C43H40N2. The Kier molecular flexibility index (Phi) is 5.94. The fourth-order valence-electron chi connectivity index (χ4n) is 8.83. The average molecular weight is 585 g/mol. The van der Waals surface area contributed by atoms with Crippen molar-refractivity contribution in [3.8, 4) is 5.69 Å². The van der Waals surface area contributed by atoms with Gasteiger partial charge in [0.05, 0.1) is 11.1 Å². The molecule has 45 heavy (non-hydrogen) atoms. The second kappa shape index (κ2) is 9.97. The van der Waals surface area contributed by atoms with E-state index in [4.69, 9.17) is 0 Å². The number of allylic oxidation sites excluding steroid dienone is 4.